The predicted molar refractivity (Wildman–Crippen MR) is 75.4 cm³/mol. The summed E-state index contributed by atoms with van der Waals surface area (Å²) in [5, 5.41) is 12.8. The average Bonchev–Trinajstić information content (AvgIpc) is 3.15. The van der Waals surface area contributed by atoms with Crippen LogP contribution < -0.4 is 5.32 Å². The lowest BCUT2D eigenvalue weighted by Crippen LogP contribution is -2.60. The molecular formula is C14H27N3O2. The highest BCUT2D eigenvalue weighted by Crippen LogP contribution is 2.23. The third-order valence-corrected chi connectivity index (χ3v) is 4.12. The van der Waals surface area contributed by atoms with Crippen molar-refractivity contribution in [3.8, 4) is 0 Å². The monoisotopic (exact) mass is 269 g/mol. The van der Waals surface area contributed by atoms with Gasteiger partial charge in [-0.15, -0.1) is 0 Å². The van der Waals surface area contributed by atoms with E-state index >= 15 is 0 Å². The Kier molecular flexibility index (Phi) is 4.81. The van der Waals surface area contributed by atoms with Crippen LogP contribution in [-0.2, 0) is 4.79 Å². The SMILES string of the molecule is CCCN1CCN(CC(C)(NC2CC2)C(=O)O)CC1. The summed E-state index contributed by atoms with van der Waals surface area (Å²) in [7, 11) is 0. The number of carboxylic acids is 1. The van der Waals surface area contributed by atoms with Gasteiger partial charge in [-0.25, -0.2) is 0 Å². The number of hydrogen-bond donors (Lipinski definition) is 2. The van der Waals surface area contributed by atoms with Gasteiger partial charge >= 0.3 is 5.97 Å². The molecule has 0 aromatic heterocycles. The second kappa shape index (κ2) is 6.20. The Morgan fingerprint density at radius 1 is 1.26 bits per heavy atom. The van der Waals surface area contributed by atoms with Crippen molar-refractivity contribution in [2.45, 2.75) is 44.7 Å². The van der Waals surface area contributed by atoms with Crippen molar-refractivity contribution in [2.75, 3.05) is 39.3 Å². The molecule has 1 aliphatic heterocycles. The number of nitrogens with zero attached hydrogens (tertiary/aromatic N) is 2. The van der Waals surface area contributed by atoms with Crippen LogP contribution in [0.3, 0.4) is 0 Å². The summed E-state index contributed by atoms with van der Waals surface area (Å²) < 4.78 is 0. The molecule has 2 N–H and O–H groups in total. The van der Waals surface area contributed by atoms with Crippen LogP contribution in [-0.4, -0.2) is 71.7 Å². The Bertz CT molecular complexity index is 312. The smallest absolute Gasteiger partial charge is 0.324 e. The molecule has 0 amide bonds. The van der Waals surface area contributed by atoms with Crippen molar-refractivity contribution in [2.24, 2.45) is 0 Å². The summed E-state index contributed by atoms with van der Waals surface area (Å²) in [6, 6.07) is 0.419. The maximum Gasteiger partial charge on any atom is 0.324 e. The molecule has 1 unspecified atom stereocenters. The van der Waals surface area contributed by atoms with E-state index in [2.05, 4.69) is 22.0 Å². The van der Waals surface area contributed by atoms with Crippen LogP contribution in [0.1, 0.15) is 33.1 Å². The van der Waals surface area contributed by atoms with E-state index in [0.29, 0.717) is 12.6 Å². The summed E-state index contributed by atoms with van der Waals surface area (Å²) in [4.78, 5) is 16.3. The second-order valence-electron chi connectivity index (χ2n) is 6.17. The van der Waals surface area contributed by atoms with Gasteiger partial charge in [-0.2, -0.15) is 0 Å². The van der Waals surface area contributed by atoms with Gasteiger partial charge in [0.1, 0.15) is 5.54 Å². The molecule has 1 saturated heterocycles. The molecule has 0 radical (unpaired) electrons. The van der Waals surface area contributed by atoms with Crippen LogP contribution in [0, 0.1) is 0 Å². The van der Waals surface area contributed by atoms with Crippen LogP contribution in [0.4, 0.5) is 0 Å². The van der Waals surface area contributed by atoms with Crippen molar-refractivity contribution >= 4 is 5.97 Å². The molecule has 5 heteroatoms. The quantitative estimate of drug-likeness (QED) is 0.709. The van der Waals surface area contributed by atoms with Crippen molar-refractivity contribution in [1.29, 1.82) is 0 Å². The van der Waals surface area contributed by atoms with E-state index in [1.54, 1.807) is 0 Å². The van der Waals surface area contributed by atoms with E-state index in [9.17, 15) is 9.90 Å². The Labute approximate surface area is 115 Å². The molecular weight excluding hydrogens is 242 g/mol. The number of piperazine rings is 1. The topological polar surface area (TPSA) is 55.8 Å². The van der Waals surface area contributed by atoms with Gasteiger partial charge in [0.25, 0.3) is 0 Å². The third kappa shape index (κ3) is 4.16. The largest absolute Gasteiger partial charge is 0.480 e. The zero-order valence-electron chi connectivity index (χ0n) is 12.2. The molecule has 110 valence electrons. The Morgan fingerprint density at radius 2 is 1.84 bits per heavy atom. The van der Waals surface area contributed by atoms with E-state index < -0.39 is 11.5 Å². The van der Waals surface area contributed by atoms with Gasteiger partial charge in [0.15, 0.2) is 0 Å². The Morgan fingerprint density at radius 3 is 2.32 bits per heavy atom. The summed E-state index contributed by atoms with van der Waals surface area (Å²) in [5.74, 6) is -0.726. The van der Waals surface area contributed by atoms with Crippen molar-refractivity contribution in [3.63, 3.8) is 0 Å². The Hall–Kier alpha value is -0.650. The lowest BCUT2D eigenvalue weighted by atomic mass is 10.0. The van der Waals surface area contributed by atoms with Crippen LogP contribution in [0.5, 0.6) is 0 Å². The van der Waals surface area contributed by atoms with E-state index in [1.165, 1.54) is 6.42 Å². The number of rotatable bonds is 7. The summed E-state index contributed by atoms with van der Waals surface area (Å²) in [5.41, 5.74) is -0.798. The van der Waals surface area contributed by atoms with E-state index in [4.69, 9.17) is 0 Å². The standard InChI is InChI=1S/C14H27N3O2/c1-3-6-16-7-9-17(10-8-16)11-14(2,13(18)19)15-12-4-5-12/h12,15H,3-11H2,1-2H3,(H,18,19). The normalized spacial score (nSPS) is 25.2. The van der Waals surface area contributed by atoms with Crippen LogP contribution in [0.15, 0.2) is 0 Å². The van der Waals surface area contributed by atoms with E-state index in [1.807, 2.05) is 6.92 Å². The van der Waals surface area contributed by atoms with Crippen molar-refractivity contribution in [3.05, 3.63) is 0 Å². The first-order chi connectivity index (χ1) is 9.03. The maximum atomic E-state index is 11.5. The first-order valence-electron chi connectivity index (χ1n) is 7.49. The highest BCUT2D eigenvalue weighted by molar-refractivity contribution is 5.78. The molecule has 2 aliphatic rings. The van der Waals surface area contributed by atoms with Crippen LogP contribution >= 0.6 is 0 Å². The second-order valence-corrected chi connectivity index (χ2v) is 6.17. The molecule has 0 aromatic carbocycles. The fourth-order valence-electron chi connectivity index (χ4n) is 2.79. The molecule has 0 bridgehead atoms. The molecule has 5 nitrogen and oxygen atoms in total. The molecule has 0 aromatic rings. The molecule has 0 spiro atoms. The fourth-order valence-corrected chi connectivity index (χ4v) is 2.79. The number of aliphatic carboxylic acids is 1. The molecule has 1 aliphatic carbocycles. The van der Waals surface area contributed by atoms with Gasteiger partial charge in [-0.1, -0.05) is 6.92 Å². The lowest BCUT2D eigenvalue weighted by molar-refractivity contribution is -0.145. The minimum Gasteiger partial charge on any atom is -0.480 e. The molecule has 1 atom stereocenters. The highest BCUT2D eigenvalue weighted by atomic mass is 16.4. The van der Waals surface area contributed by atoms with Gasteiger partial charge in [0.05, 0.1) is 0 Å². The fraction of sp³-hybridized carbons (Fsp3) is 0.929. The lowest BCUT2D eigenvalue weighted by Gasteiger charge is -2.39. The zero-order valence-corrected chi connectivity index (χ0v) is 12.2. The van der Waals surface area contributed by atoms with Crippen molar-refractivity contribution < 1.29 is 9.90 Å². The number of hydrogen-bond acceptors (Lipinski definition) is 4. The average molecular weight is 269 g/mol. The molecule has 2 rings (SSSR count). The maximum absolute atomic E-state index is 11.5. The number of nitrogens with one attached hydrogen (secondary N) is 1. The van der Waals surface area contributed by atoms with Gasteiger partial charge in [0, 0.05) is 38.8 Å². The third-order valence-electron chi connectivity index (χ3n) is 4.12. The minimum absolute atomic E-state index is 0.419. The number of carboxylic acid groups (broad SMARTS) is 1. The minimum atomic E-state index is -0.798. The van der Waals surface area contributed by atoms with Gasteiger partial charge < -0.3 is 10.0 Å². The van der Waals surface area contributed by atoms with E-state index in [0.717, 1.165) is 45.6 Å². The van der Waals surface area contributed by atoms with Crippen molar-refractivity contribution in [1.82, 2.24) is 15.1 Å². The summed E-state index contributed by atoms with van der Waals surface area (Å²) >= 11 is 0. The molecule has 1 heterocycles. The Balaban J connectivity index is 1.83. The first-order valence-corrected chi connectivity index (χ1v) is 7.49. The molecule has 2 fully saturated rings. The van der Waals surface area contributed by atoms with Gasteiger partial charge in [0.2, 0.25) is 0 Å². The highest BCUT2D eigenvalue weighted by Gasteiger charge is 2.40. The van der Waals surface area contributed by atoms with Crippen LogP contribution in [0.2, 0.25) is 0 Å². The van der Waals surface area contributed by atoms with E-state index in [-0.39, 0.29) is 0 Å². The first kappa shape index (κ1) is 14.8. The van der Waals surface area contributed by atoms with Gasteiger partial charge in [-0.3, -0.25) is 15.0 Å². The number of carbonyl (C=O) groups is 1. The zero-order chi connectivity index (χ0) is 13.9. The predicted octanol–water partition coefficient (Wildman–Crippen LogP) is 0.609. The summed E-state index contributed by atoms with van der Waals surface area (Å²) in [6.45, 7) is 9.88. The van der Waals surface area contributed by atoms with Crippen LogP contribution in [0.25, 0.3) is 0 Å². The molecule has 1 saturated carbocycles. The van der Waals surface area contributed by atoms with Gasteiger partial charge in [-0.05, 0) is 32.7 Å². The summed E-state index contributed by atoms with van der Waals surface area (Å²) in [6.07, 6.45) is 3.43. The molecule has 19 heavy (non-hydrogen) atoms.